The molecule has 1 aliphatic rings. The molecule has 0 bridgehead atoms. The van der Waals surface area contributed by atoms with Crippen molar-refractivity contribution in [2.75, 3.05) is 18.1 Å². The van der Waals surface area contributed by atoms with E-state index < -0.39 is 0 Å². The lowest BCUT2D eigenvalue weighted by Gasteiger charge is -2.29. The van der Waals surface area contributed by atoms with Crippen molar-refractivity contribution in [3.63, 3.8) is 0 Å². The molecule has 0 aliphatic carbocycles. The fourth-order valence-corrected chi connectivity index (χ4v) is 2.51. The summed E-state index contributed by atoms with van der Waals surface area (Å²) < 4.78 is 5.53. The van der Waals surface area contributed by atoms with Crippen molar-refractivity contribution in [1.82, 2.24) is 4.98 Å². The molecule has 0 unspecified atom stereocenters. The van der Waals surface area contributed by atoms with Crippen molar-refractivity contribution in [3.8, 4) is 11.5 Å². The number of nitrogens with zero attached hydrogens (tertiary/aromatic N) is 2. The highest BCUT2D eigenvalue weighted by Crippen LogP contribution is 2.30. The van der Waals surface area contributed by atoms with Crippen LogP contribution < -0.4 is 20.6 Å². The summed E-state index contributed by atoms with van der Waals surface area (Å²) in [7, 11) is 3.57. The van der Waals surface area contributed by atoms with E-state index in [1.807, 2.05) is 0 Å². The molecule has 1 N–H and O–H groups in total. The van der Waals surface area contributed by atoms with Crippen molar-refractivity contribution < 1.29 is 14.6 Å². The molecule has 0 spiro atoms. The van der Waals surface area contributed by atoms with Crippen LogP contribution >= 0.6 is 0 Å². The average molecular weight is 280 g/mol. The molecule has 1 aliphatic heterocycles. The Morgan fingerprint density at radius 2 is 2.05 bits per heavy atom. The largest absolute Gasteiger partial charge is 0.509 e. The topological polar surface area (TPSA) is 62.7 Å². The lowest BCUT2D eigenvalue weighted by Crippen LogP contribution is -2.38. The van der Waals surface area contributed by atoms with Crippen LogP contribution in [0.3, 0.4) is 0 Å². The first-order valence-corrected chi connectivity index (χ1v) is 6.77. The Hall–Kier alpha value is -2.43. The van der Waals surface area contributed by atoms with Gasteiger partial charge in [0.1, 0.15) is 39.5 Å². The van der Waals surface area contributed by atoms with Crippen LogP contribution in [0, 0.1) is 0 Å². The summed E-state index contributed by atoms with van der Waals surface area (Å²) in [5, 5.41) is 9.83. The molecule has 0 saturated heterocycles. The zero-order valence-corrected chi connectivity index (χ0v) is 12.0. The maximum absolute atomic E-state index is 12.7. The molecule has 1 amide bonds. The standard InChI is InChI=1S/C14H14B2N2O3/c15-9-5-8(6-10(16)13(9)19)14(20)18-3-4-21-12-1-2-17-7-11(12)18/h1-2,5-7,19H,3-4,15-16H2. The number of carbonyl (C=O) groups is 1. The number of phenolic OH excluding ortho intramolecular Hbond substituents is 1. The van der Waals surface area contributed by atoms with Crippen molar-refractivity contribution in [3.05, 3.63) is 36.2 Å². The van der Waals surface area contributed by atoms with Gasteiger partial charge in [0.15, 0.2) is 0 Å². The highest BCUT2D eigenvalue weighted by atomic mass is 16.5. The fourth-order valence-electron chi connectivity index (χ4n) is 2.51. The average Bonchev–Trinajstić information content (AvgIpc) is 2.51. The molecule has 1 aromatic heterocycles. The number of fused-ring (bicyclic) bond motifs is 1. The second-order valence-electron chi connectivity index (χ2n) is 5.11. The predicted molar refractivity (Wildman–Crippen MR) is 85.9 cm³/mol. The smallest absolute Gasteiger partial charge is 0.258 e. The van der Waals surface area contributed by atoms with E-state index in [2.05, 4.69) is 4.98 Å². The van der Waals surface area contributed by atoms with Gasteiger partial charge in [-0.1, -0.05) is 12.1 Å². The summed E-state index contributed by atoms with van der Waals surface area (Å²) in [4.78, 5) is 18.5. The molecule has 1 aromatic carbocycles. The first kappa shape index (κ1) is 13.5. The number of carbonyl (C=O) groups excluding carboxylic acids is 1. The van der Waals surface area contributed by atoms with Gasteiger partial charge in [-0.2, -0.15) is 0 Å². The van der Waals surface area contributed by atoms with Crippen LogP contribution in [0.25, 0.3) is 0 Å². The van der Waals surface area contributed by atoms with Crippen molar-refractivity contribution >= 4 is 38.2 Å². The van der Waals surface area contributed by atoms with Gasteiger partial charge in [-0.25, -0.2) is 0 Å². The quantitative estimate of drug-likeness (QED) is 0.635. The minimum absolute atomic E-state index is 0.112. The number of pyridine rings is 1. The summed E-state index contributed by atoms with van der Waals surface area (Å²) >= 11 is 0. The van der Waals surface area contributed by atoms with Crippen molar-refractivity contribution in [1.29, 1.82) is 0 Å². The number of amides is 1. The van der Waals surface area contributed by atoms with E-state index in [0.717, 1.165) is 0 Å². The van der Waals surface area contributed by atoms with Gasteiger partial charge < -0.3 is 14.7 Å². The Bertz CT molecular complexity index is 698. The number of anilines is 1. The predicted octanol–water partition coefficient (Wildman–Crippen LogP) is -1.66. The lowest BCUT2D eigenvalue weighted by atomic mass is 9.83. The highest BCUT2D eigenvalue weighted by Gasteiger charge is 2.25. The zero-order valence-electron chi connectivity index (χ0n) is 12.0. The minimum Gasteiger partial charge on any atom is -0.509 e. The zero-order chi connectivity index (χ0) is 15.0. The van der Waals surface area contributed by atoms with Crippen LogP contribution in [-0.4, -0.2) is 44.8 Å². The molecule has 5 nitrogen and oxygen atoms in total. The summed E-state index contributed by atoms with van der Waals surface area (Å²) in [6.07, 6.45) is 3.27. The Kier molecular flexibility index (Phi) is 3.33. The summed E-state index contributed by atoms with van der Waals surface area (Å²) in [5.74, 6) is 0.783. The molecular weight excluding hydrogens is 266 g/mol. The normalized spacial score (nSPS) is 13.4. The number of rotatable bonds is 1. The summed E-state index contributed by atoms with van der Waals surface area (Å²) in [6, 6.07) is 5.16. The van der Waals surface area contributed by atoms with Gasteiger partial charge in [-0.15, -0.1) is 0 Å². The maximum atomic E-state index is 12.7. The van der Waals surface area contributed by atoms with Gasteiger partial charge >= 0.3 is 0 Å². The number of hydrogen-bond acceptors (Lipinski definition) is 4. The van der Waals surface area contributed by atoms with Crippen LogP contribution in [0.5, 0.6) is 11.5 Å². The Balaban J connectivity index is 2.00. The molecule has 0 saturated carbocycles. The van der Waals surface area contributed by atoms with Gasteiger partial charge in [-0.05, 0) is 10.9 Å². The van der Waals surface area contributed by atoms with E-state index in [9.17, 15) is 9.90 Å². The number of benzene rings is 1. The van der Waals surface area contributed by atoms with E-state index in [-0.39, 0.29) is 11.7 Å². The summed E-state index contributed by atoms with van der Waals surface area (Å²) in [5.41, 5.74) is 2.62. The Morgan fingerprint density at radius 1 is 1.33 bits per heavy atom. The first-order chi connectivity index (χ1) is 10.1. The lowest BCUT2D eigenvalue weighted by molar-refractivity contribution is 0.0976. The fraction of sp³-hybridized carbons (Fsp3) is 0.143. The Labute approximate surface area is 124 Å². The van der Waals surface area contributed by atoms with Crippen molar-refractivity contribution in [2.45, 2.75) is 0 Å². The number of hydrogen-bond donors (Lipinski definition) is 1. The molecule has 0 atom stereocenters. The molecule has 0 radical (unpaired) electrons. The second kappa shape index (κ2) is 5.16. The molecule has 2 heterocycles. The highest BCUT2D eigenvalue weighted by molar-refractivity contribution is 6.42. The number of aromatic nitrogens is 1. The molecule has 7 heteroatoms. The van der Waals surface area contributed by atoms with Gasteiger partial charge in [0.05, 0.1) is 12.7 Å². The third-order valence-corrected chi connectivity index (χ3v) is 3.61. The van der Waals surface area contributed by atoms with Gasteiger partial charge in [-0.3, -0.25) is 9.78 Å². The molecule has 21 heavy (non-hydrogen) atoms. The number of aromatic hydroxyl groups is 1. The number of ether oxygens (including phenoxy) is 1. The second-order valence-corrected chi connectivity index (χ2v) is 5.11. The SMILES string of the molecule is Bc1cc(C(=O)N2CCOc3ccncc32)cc(B)c1O. The van der Waals surface area contributed by atoms with E-state index in [1.165, 1.54) is 0 Å². The monoisotopic (exact) mass is 280 g/mol. The van der Waals surface area contributed by atoms with E-state index in [0.29, 0.717) is 41.1 Å². The van der Waals surface area contributed by atoms with Crippen molar-refractivity contribution in [2.24, 2.45) is 0 Å². The molecule has 104 valence electrons. The van der Waals surface area contributed by atoms with Crippen LogP contribution in [0.15, 0.2) is 30.6 Å². The van der Waals surface area contributed by atoms with Gasteiger partial charge in [0.25, 0.3) is 5.91 Å². The Morgan fingerprint density at radius 3 is 2.76 bits per heavy atom. The van der Waals surface area contributed by atoms with E-state index >= 15 is 0 Å². The van der Waals surface area contributed by atoms with E-state index in [1.54, 1.807) is 51.2 Å². The van der Waals surface area contributed by atoms with Crippen LogP contribution in [0.2, 0.25) is 0 Å². The van der Waals surface area contributed by atoms with Gasteiger partial charge in [0, 0.05) is 17.8 Å². The minimum atomic E-state index is -0.112. The maximum Gasteiger partial charge on any atom is 0.258 e. The third-order valence-electron chi connectivity index (χ3n) is 3.61. The first-order valence-electron chi connectivity index (χ1n) is 6.77. The van der Waals surface area contributed by atoms with Gasteiger partial charge in [0.2, 0.25) is 0 Å². The number of phenols is 1. The van der Waals surface area contributed by atoms with Crippen LogP contribution in [0.1, 0.15) is 10.4 Å². The van der Waals surface area contributed by atoms with E-state index in [4.69, 9.17) is 4.74 Å². The molecule has 0 fully saturated rings. The third kappa shape index (κ3) is 2.35. The van der Waals surface area contributed by atoms with Crippen LogP contribution in [0.4, 0.5) is 5.69 Å². The summed E-state index contributed by atoms with van der Waals surface area (Å²) in [6.45, 7) is 0.940. The molecular formula is C14H14B2N2O3. The molecule has 3 rings (SSSR count). The van der Waals surface area contributed by atoms with Crippen LogP contribution in [-0.2, 0) is 0 Å². The molecule has 2 aromatic rings.